The van der Waals surface area contributed by atoms with Gasteiger partial charge in [-0.2, -0.15) is 0 Å². The number of nitrogens with zero attached hydrogens (tertiary/aromatic N) is 2. The summed E-state index contributed by atoms with van der Waals surface area (Å²) in [5, 5.41) is 0.596. The zero-order valence-corrected chi connectivity index (χ0v) is 15.3. The van der Waals surface area contributed by atoms with E-state index in [0.717, 1.165) is 21.2 Å². The normalized spacial score (nSPS) is 11.0. The molecule has 0 N–H and O–H groups in total. The number of halogens is 2. The Balaban J connectivity index is 1.94. The van der Waals surface area contributed by atoms with Gasteiger partial charge in [0.2, 0.25) is 5.78 Å². The molecule has 0 amide bonds. The second-order valence-corrected chi connectivity index (χ2v) is 6.95. The summed E-state index contributed by atoms with van der Waals surface area (Å²) in [4.78, 5) is 17.5. The lowest BCUT2D eigenvalue weighted by atomic mass is 10.0. The second kappa shape index (κ2) is 6.47. The van der Waals surface area contributed by atoms with E-state index in [9.17, 15) is 4.79 Å². The molecule has 3 nitrogen and oxygen atoms in total. The quantitative estimate of drug-likeness (QED) is 0.408. The Morgan fingerprint density at radius 1 is 1.00 bits per heavy atom. The molecule has 0 aliphatic heterocycles. The average Bonchev–Trinajstić information content (AvgIpc) is 3.10. The fourth-order valence-electron chi connectivity index (χ4n) is 2.80. The first-order valence-corrected chi connectivity index (χ1v) is 8.83. The first-order chi connectivity index (χ1) is 12.1. The van der Waals surface area contributed by atoms with Crippen LogP contribution < -0.4 is 0 Å². The van der Waals surface area contributed by atoms with Gasteiger partial charge in [0.25, 0.3) is 0 Å². The van der Waals surface area contributed by atoms with Gasteiger partial charge in [0.05, 0.1) is 17.4 Å². The van der Waals surface area contributed by atoms with Crippen LogP contribution in [0, 0.1) is 0 Å². The fourth-order valence-corrected chi connectivity index (χ4v) is 3.19. The summed E-state index contributed by atoms with van der Waals surface area (Å²) in [6, 6.07) is 18.6. The summed E-state index contributed by atoms with van der Waals surface area (Å²) in [5.74, 6) is -0.134. The monoisotopic (exact) mass is 410 g/mol. The molecule has 2 aromatic heterocycles. The van der Waals surface area contributed by atoms with Gasteiger partial charge in [-0.05, 0) is 48.5 Å². The minimum atomic E-state index is -0.134. The van der Waals surface area contributed by atoms with Crippen molar-refractivity contribution < 1.29 is 4.79 Å². The van der Waals surface area contributed by atoms with Gasteiger partial charge in [-0.3, -0.25) is 4.79 Å². The van der Waals surface area contributed by atoms with Crippen LogP contribution in [-0.4, -0.2) is 15.2 Å². The molecule has 0 radical (unpaired) electrons. The highest BCUT2D eigenvalue weighted by Gasteiger charge is 2.19. The summed E-state index contributed by atoms with van der Waals surface area (Å²) in [5.41, 5.74) is 3.60. The van der Waals surface area contributed by atoms with E-state index in [1.165, 1.54) is 0 Å². The van der Waals surface area contributed by atoms with Crippen molar-refractivity contribution >= 4 is 38.8 Å². The summed E-state index contributed by atoms with van der Waals surface area (Å²) in [6.45, 7) is 0. The lowest BCUT2D eigenvalue weighted by Gasteiger charge is -2.12. The molecule has 2 aromatic carbocycles. The molecule has 4 rings (SSSR count). The summed E-state index contributed by atoms with van der Waals surface area (Å²) >= 11 is 9.38. The number of rotatable bonds is 3. The Labute approximate surface area is 158 Å². The topological polar surface area (TPSA) is 34.4 Å². The molecule has 0 saturated heterocycles. The van der Waals surface area contributed by atoms with Crippen LogP contribution >= 0.6 is 27.5 Å². The average molecular weight is 412 g/mol. The van der Waals surface area contributed by atoms with Gasteiger partial charge in [0, 0.05) is 26.8 Å². The number of hydrogen-bond donors (Lipinski definition) is 0. The molecule has 0 fully saturated rings. The van der Waals surface area contributed by atoms with Crippen LogP contribution in [0.15, 0.2) is 77.5 Å². The third-order valence-corrected chi connectivity index (χ3v) is 4.79. The van der Waals surface area contributed by atoms with Gasteiger partial charge in [-0.1, -0.05) is 39.7 Å². The maximum Gasteiger partial charge on any atom is 0.213 e. The van der Waals surface area contributed by atoms with Crippen LogP contribution in [-0.2, 0) is 0 Å². The van der Waals surface area contributed by atoms with E-state index < -0.39 is 0 Å². The largest absolute Gasteiger partial charge is 0.313 e. The Morgan fingerprint density at radius 3 is 2.44 bits per heavy atom. The molecule has 5 heteroatoms. The fraction of sp³-hybridized carbons (Fsp3) is 0. The summed E-state index contributed by atoms with van der Waals surface area (Å²) in [7, 11) is 0. The molecule has 2 heterocycles. The summed E-state index contributed by atoms with van der Waals surface area (Å²) in [6.07, 6.45) is 3.65. The van der Waals surface area contributed by atoms with Gasteiger partial charge in [0.1, 0.15) is 5.69 Å². The van der Waals surface area contributed by atoms with Gasteiger partial charge in [-0.25, -0.2) is 4.98 Å². The smallest absolute Gasteiger partial charge is 0.213 e. The number of carbonyl (C=O) groups is 1. The number of benzene rings is 2. The molecule has 0 atom stereocenters. The Bertz CT molecular complexity index is 1070. The van der Waals surface area contributed by atoms with E-state index in [-0.39, 0.29) is 5.78 Å². The van der Waals surface area contributed by atoms with Crippen molar-refractivity contribution in [2.24, 2.45) is 0 Å². The standard InChI is InChI=1S/C20H12BrClN2O/c21-15-7-3-13(4-8-15)19-18(23-12-17-2-1-11-24(17)19)20(25)14-5-9-16(22)10-6-14/h1-12H. The molecule has 0 spiro atoms. The number of ketones is 1. The van der Waals surface area contributed by atoms with Crippen LogP contribution in [0.3, 0.4) is 0 Å². The van der Waals surface area contributed by atoms with E-state index in [1.54, 1.807) is 30.5 Å². The van der Waals surface area contributed by atoms with E-state index >= 15 is 0 Å². The molecule has 0 aliphatic carbocycles. The maximum atomic E-state index is 13.1. The Hall–Kier alpha value is -2.43. The van der Waals surface area contributed by atoms with E-state index in [1.807, 2.05) is 47.0 Å². The SMILES string of the molecule is O=C(c1ccc(Cl)cc1)c1ncc2cccn2c1-c1ccc(Br)cc1. The van der Waals surface area contributed by atoms with Crippen LogP contribution in [0.2, 0.25) is 5.02 Å². The molecule has 0 unspecified atom stereocenters. The highest BCUT2D eigenvalue weighted by atomic mass is 79.9. The van der Waals surface area contributed by atoms with Crippen molar-refractivity contribution in [1.82, 2.24) is 9.38 Å². The zero-order valence-electron chi connectivity index (χ0n) is 13.0. The van der Waals surface area contributed by atoms with Gasteiger partial charge in [0.15, 0.2) is 0 Å². The zero-order chi connectivity index (χ0) is 17.4. The van der Waals surface area contributed by atoms with E-state index in [4.69, 9.17) is 11.6 Å². The van der Waals surface area contributed by atoms with Crippen molar-refractivity contribution in [3.05, 3.63) is 93.8 Å². The molecule has 4 aromatic rings. The van der Waals surface area contributed by atoms with Crippen LogP contribution in [0.1, 0.15) is 16.1 Å². The first-order valence-electron chi connectivity index (χ1n) is 7.66. The van der Waals surface area contributed by atoms with Crippen molar-refractivity contribution in [3.63, 3.8) is 0 Å². The van der Waals surface area contributed by atoms with Crippen molar-refractivity contribution in [1.29, 1.82) is 0 Å². The molecule has 122 valence electrons. The highest BCUT2D eigenvalue weighted by molar-refractivity contribution is 9.10. The van der Waals surface area contributed by atoms with Gasteiger partial charge < -0.3 is 4.40 Å². The number of fused-ring (bicyclic) bond motifs is 1. The number of aromatic nitrogens is 2. The lowest BCUT2D eigenvalue weighted by molar-refractivity contribution is 0.103. The number of carbonyl (C=O) groups excluding carboxylic acids is 1. The lowest BCUT2D eigenvalue weighted by Crippen LogP contribution is -2.09. The molecule has 0 aliphatic rings. The second-order valence-electron chi connectivity index (χ2n) is 5.60. The molecule has 0 saturated carbocycles. The van der Waals surface area contributed by atoms with E-state index in [0.29, 0.717) is 16.3 Å². The molecular formula is C20H12BrClN2O. The number of hydrogen-bond acceptors (Lipinski definition) is 2. The van der Waals surface area contributed by atoms with Crippen molar-refractivity contribution in [2.75, 3.05) is 0 Å². The highest BCUT2D eigenvalue weighted by Crippen LogP contribution is 2.27. The molecule has 25 heavy (non-hydrogen) atoms. The first kappa shape index (κ1) is 16.1. The minimum Gasteiger partial charge on any atom is -0.313 e. The van der Waals surface area contributed by atoms with Crippen LogP contribution in [0.25, 0.3) is 16.8 Å². The van der Waals surface area contributed by atoms with E-state index in [2.05, 4.69) is 20.9 Å². The predicted octanol–water partition coefficient (Wildman–Crippen LogP) is 5.65. The molecular weight excluding hydrogens is 400 g/mol. The van der Waals surface area contributed by atoms with Crippen molar-refractivity contribution in [2.45, 2.75) is 0 Å². The third-order valence-electron chi connectivity index (χ3n) is 4.01. The minimum absolute atomic E-state index is 0.134. The van der Waals surface area contributed by atoms with Crippen LogP contribution in [0.4, 0.5) is 0 Å². The summed E-state index contributed by atoms with van der Waals surface area (Å²) < 4.78 is 2.97. The molecule has 0 bridgehead atoms. The predicted molar refractivity (Wildman–Crippen MR) is 103 cm³/mol. The Kier molecular flexibility index (Phi) is 4.15. The third kappa shape index (κ3) is 2.99. The van der Waals surface area contributed by atoms with Crippen molar-refractivity contribution in [3.8, 4) is 11.3 Å². The Morgan fingerprint density at radius 2 is 1.72 bits per heavy atom. The van der Waals surface area contributed by atoms with Gasteiger partial charge >= 0.3 is 0 Å². The maximum absolute atomic E-state index is 13.1. The van der Waals surface area contributed by atoms with Crippen LogP contribution in [0.5, 0.6) is 0 Å². The van der Waals surface area contributed by atoms with Gasteiger partial charge in [-0.15, -0.1) is 0 Å².